The summed E-state index contributed by atoms with van der Waals surface area (Å²) in [6.45, 7) is 0.745. The second-order valence-corrected chi connectivity index (χ2v) is 5.19. The molecule has 24 heavy (non-hydrogen) atoms. The van der Waals surface area contributed by atoms with E-state index in [4.69, 9.17) is 9.49 Å². The lowest BCUT2D eigenvalue weighted by atomic mass is 9.73. The molecule has 2 N–H and O–H groups in total. The molecule has 8 heteroatoms. The van der Waals surface area contributed by atoms with Gasteiger partial charge >= 0.3 is 13.3 Å². The van der Waals surface area contributed by atoms with Gasteiger partial charge in [0, 0.05) is 13.5 Å². The number of para-hydroxylation sites is 1. The van der Waals surface area contributed by atoms with Crippen LogP contribution in [-0.4, -0.2) is 24.9 Å². The van der Waals surface area contributed by atoms with E-state index >= 15 is 0 Å². The van der Waals surface area contributed by atoms with Crippen LogP contribution in [0.1, 0.15) is 12.5 Å². The molecule has 0 fully saturated rings. The quantitative estimate of drug-likeness (QED) is 0.667. The predicted molar refractivity (Wildman–Crippen MR) is 86.1 cm³/mol. The summed E-state index contributed by atoms with van der Waals surface area (Å²) in [6, 6.07) is 15.2. The monoisotopic (exact) mass is 339 g/mol. The average Bonchev–Trinajstić information content (AvgIpc) is 2.53. The minimum atomic E-state index is -4.00. The van der Waals surface area contributed by atoms with Gasteiger partial charge in [0.05, 0.1) is 5.69 Å². The molecule has 0 saturated heterocycles. The Bertz CT molecular complexity index is 647. The third-order valence-electron chi connectivity index (χ3n) is 3.09. The van der Waals surface area contributed by atoms with E-state index in [2.05, 4.69) is 5.48 Å². The van der Waals surface area contributed by atoms with Crippen molar-refractivity contribution < 1.29 is 27.7 Å². The van der Waals surface area contributed by atoms with Gasteiger partial charge in [-0.3, -0.25) is 0 Å². The van der Waals surface area contributed by atoms with Gasteiger partial charge in [0.2, 0.25) is 0 Å². The highest BCUT2D eigenvalue weighted by atomic mass is 19.4. The Balaban J connectivity index is 0.000000368. The van der Waals surface area contributed by atoms with Gasteiger partial charge in [0.1, 0.15) is 0 Å². The van der Waals surface area contributed by atoms with E-state index in [1.54, 1.807) is 0 Å². The minimum Gasteiger partial charge on any atom is -0.423 e. The van der Waals surface area contributed by atoms with Crippen LogP contribution in [0.2, 0.25) is 0 Å². The number of rotatable bonds is 3. The molecule has 0 amide bonds. The fourth-order valence-electron chi connectivity index (χ4n) is 2.09. The molecule has 128 valence electrons. The van der Waals surface area contributed by atoms with Crippen LogP contribution in [0.25, 0.3) is 0 Å². The normalized spacial score (nSPS) is 13.5. The third kappa shape index (κ3) is 6.13. The van der Waals surface area contributed by atoms with Gasteiger partial charge in [0.15, 0.2) is 5.75 Å². The molecule has 2 aromatic rings. The molecule has 0 radical (unpaired) electrons. The highest BCUT2D eigenvalue weighted by molar-refractivity contribution is 6.61. The molecule has 0 unspecified atom stereocenters. The Labute approximate surface area is 138 Å². The molecule has 1 aliphatic heterocycles. The number of nitrogens with one attached hydrogen (secondary N) is 1. The smallest absolute Gasteiger partial charge is 0.423 e. The summed E-state index contributed by atoms with van der Waals surface area (Å²) >= 11 is 0. The molecule has 0 aliphatic carbocycles. The van der Waals surface area contributed by atoms with E-state index in [0.29, 0.717) is 6.61 Å². The maximum atomic E-state index is 10.4. The molecule has 4 nitrogen and oxygen atoms in total. The van der Waals surface area contributed by atoms with Crippen molar-refractivity contribution in [3.8, 4) is 5.75 Å². The van der Waals surface area contributed by atoms with Gasteiger partial charge in [0.25, 0.3) is 0 Å². The number of hydrogen-bond donors (Lipinski definition) is 2. The lowest BCUT2D eigenvalue weighted by molar-refractivity contribution is -0.110. The van der Waals surface area contributed by atoms with E-state index < -0.39 is 13.3 Å². The summed E-state index contributed by atoms with van der Waals surface area (Å²) in [5, 5.41) is 9.78. The summed E-state index contributed by atoms with van der Waals surface area (Å²) in [6.07, 6.45) is -3.17. The molecule has 0 atom stereocenters. The first-order valence-electron chi connectivity index (χ1n) is 7.30. The Hall–Kier alpha value is -2.19. The van der Waals surface area contributed by atoms with E-state index in [0.717, 1.165) is 28.9 Å². The third-order valence-corrected chi connectivity index (χ3v) is 3.09. The fourth-order valence-corrected chi connectivity index (χ4v) is 2.09. The zero-order chi connectivity index (χ0) is 17.6. The zero-order valence-corrected chi connectivity index (χ0v) is 13.0. The standard InChI is InChI=1S/C14H14BNO3.C2H3F3/c17-15-14-10-12(7-6-11(14)8-9-18-15)16-19-13-4-2-1-3-5-13;1-2(3,4)5/h1-7,10,16-17H,8-9H2;1H3. The van der Waals surface area contributed by atoms with Gasteiger partial charge in [-0.15, -0.1) is 0 Å². The van der Waals surface area contributed by atoms with Crippen LogP contribution in [0, 0.1) is 0 Å². The van der Waals surface area contributed by atoms with Gasteiger partial charge in [-0.25, -0.2) is 5.48 Å². The Morgan fingerprint density at radius 1 is 1.17 bits per heavy atom. The van der Waals surface area contributed by atoms with Crippen molar-refractivity contribution in [3.63, 3.8) is 0 Å². The first-order valence-corrected chi connectivity index (χ1v) is 7.30. The molecule has 1 heterocycles. The van der Waals surface area contributed by atoms with Crippen LogP contribution < -0.4 is 15.8 Å². The van der Waals surface area contributed by atoms with Gasteiger partial charge in [-0.05, 0) is 41.7 Å². The first kappa shape index (κ1) is 18.2. The number of anilines is 1. The van der Waals surface area contributed by atoms with Crippen LogP contribution in [0.4, 0.5) is 18.9 Å². The minimum absolute atomic E-state index is 0.188. The van der Waals surface area contributed by atoms with Crippen molar-refractivity contribution in [1.82, 2.24) is 0 Å². The van der Waals surface area contributed by atoms with Gasteiger partial charge in [-0.1, -0.05) is 24.3 Å². The lowest BCUT2D eigenvalue weighted by Crippen LogP contribution is -2.41. The van der Waals surface area contributed by atoms with Crippen molar-refractivity contribution in [2.24, 2.45) is 0 Å². The largest absolute Gasteiger partial charge is 0.491 e. The summed E-state index contributed by atoms with van der Waals surface area (Å²) < 4.78 is 36.3. The van der Waals surface area contributed by atoms with E-state index in [1.165, 1.54) is 0 Å². The zero-order valence-electron chi connectivity index (χ0n) is 13.0. The highest BCUT2D eigenvalue weighted by Gasteiger charge is 2.24. The maximum Gasteiger partial charge on any atom is 0.491 e. The van der Waals surface area contributed by atoms with E-state index in [9.17, 15) is 18.2 Å². The Morgan fingerprint density at radius 3 is 2.50 bits per heavy atom. The number of alkyl halides is 3. The van der Waals surface area contributed by atoms with Gasteiger partial charge in [-0.2, -0.15) is 13.2 Å². The summed E-state index contributed by atoms with van der Waals surface area (Å²) in [5.41, 5.74) is 5.56. The topological polar surface area (TPSA) is 50.7 Å². The summed E-state index contributed by atoms with van der Waals surface area (Å²) in [5.74, 6) is 0.733. The predicted octanol–water partition coefficient (Wildman–Crippen LogP) is 2.92. The molecule has 0 saturated carbocycles. The van der Waals surface area contributed by atoms with E-state index in [-0.39, 0.29) is 6.92 Å². The Kier molecular flexibility index (Phi) is 6.11. The van der Waals surface area contributed by atoms with Crippen molar-refractivity contribution in [3.05, 3.63) is 54.1 Å². The maximum absolute atomic E-state index is 10.4. The number of halogens is 3. The summed E-state index contributed by atoms with van der Waals surface area (Å²) in [7, 11) is -0.845. The number of fused-ring (bicyclic) bond motifs is 1. The average molecular weight is 339 g/mol. The van der Waals surface area contributed by atoms with Crippen LogP contribution >= 0.6 is 0 Å². The summed E-state index contributed by atoms with van der Waals surface area (Å²) in [4.78, 5) is 5.45. The fraction of sp³-hybridized carbons (Fsp3) is 0.250. The van der Waals surface area contributed by atoms with E-state index in [1.807, 2.05) is 48.5 Å². The molecule has 3 rings (SSSR count). The molecule has 0 bridgehead atoms. The number of benzene rings is 2. The molecule has 1 aliphatic rings. The van der Waals surface area contributed by atoms with Crippen LogP contribution in [0.5, 0.6) is 5.75 Å². The molecule has 2 aromatic carbocycles. The van der Waals surface area contributed by atoms with Crippen LogP contribution in [0.15, 0.2) is 48.5 Å². The molecular weight excluding hydrogens is 322 g/mol. The second kappa shape index (κ2) is 8.07. The lowest BCUT2D eigenvalue weighted by Gasteiger charge is -2.20. The molecule has 0 aromatic heterocycles. The van der Waals surface area contributed by atoms with Crippen LogP contribution in [-0.2, 0) is 11.1 Å². The highest BCUT2D eigenvalue weighted by Crippen LogP contribution is 2.15. The van der Waals surface area contributed by atoms with Crippen molar-refractivity contribution >= 4 is 18.3 Å². The number of hydrogen-bond acceptors (Lipinski definition) is 4. The molecular formula is C16H17BF3NO3. The van der Waals surface area contributed by atoms with Crippen LogP contribution in [0.3, 0.4) is 0 Å². The SMILES string of the molecule is CC(F)(F)F.OB1OCCc2ccc(NOc3ccccc3)cc21. The second-order valence-electron chi connectivity index (χ2n) is 5.19. The molecule has 0 spiro atoms. The van der Waals surface area contributed by atoms with Crippen molar-refractivity contribution in [2.45, 2.75) is 19.5 Å². The first-order chi connectivity index (χ1) is 11.3. The van der Waals surface area contributed by atoms with Crippen molar-refractivity contribution in [2.75, 3.05) is 12.1 Å². The Morgan fingerprint density at radius 2 is 1.83 bits per heavy atom. The van der Waals surface area contributed by atoms with Gasteiger partial charge < -0.3 is 14.5 Å². The van der Waals surface area contributed by atoms with Crippen molar-refractivity contribution in [1.29, 1.82) is 0 Å².